The number of aromatic nitrogens is 4. The molecule has 0 atom stereocenters. The Morgan fingerprint density at radius 3 is 2.80 bits per heavy atom. The van der Waals surface area contributed by atoms with Crippen LogP contribution in [-0.2, 0) is 13.0 Å². The fraction of sp³-hybridized carbons (Fsp3) is 0.381. The summed E-state index contributed by atoms with van der Waals surface area (Å²) in [6.45, 7) is 2.31. The van der Waals surface area contributed by atoms with Crippen LogP contribution in [0, 0.1) is 5.82 Å². The van der Waals surface area contributed by atoms with Gasteiger partial charge >= 0.3 is 0 Å². The average molecular weight is 410 g/mol. The first-order valence-electron chi connectivity index (χ1n) is 10.0. The zero-order valence-electron chi connectivity index (χ0n) is 16.7. The number of halogens is 1. The van der Waals surface area contributed by atoms with Gasteiger partial charge in [0.1, 0.15) is 12.4 Å². The molecule has 0 radical (unpaired) electrons. The molecule has 1 saturated heterocycles. The van der Waals surface area contributed by atoms with Gasteiger partial charge in [-0.2, -0.15) is 0 Å². The second kappa shape index (κ2) is 7.56. The van der Waals surface area contributed by atoms with Gasteiger partial charge in [0, 0.05) is 31.4 Å². The van der Waals surface area contributed by atoms with Gasteiger partial charge in [-0.15, -0.1) is 10.2 Å². The number of aryl methyl sites for hydroxylation is 1. The second-order valence-corrected chi connectivity index (χ2v) is 7.60. The minimum absolute atomic E-state index is 0.177. The number of rotatable bonds is 5. The zero-order valence-corrected chi connectivity index (χ0v) is 16.7. The highest BCUT2D eigenvalue weighted by atomic mass is 19.1. The maximum atomic E-state index is 13.6. The number of hydrogen-bond donors (Lipinski definition) is 1. The Bertz CT molecular complexity index is 1050. The summed E-state index contributed by atoms with van der Waals surface area (Å²) in [6.07, 6.45) is 3.62. The standard InChI is InChI=1S/C21H23FN6O2/c1-30-20-7-5-16(10-23-20)28-19(13-29)24-25-21(28)26-11-17(12-26)27-8-2-3-14-9-15(22)4-6-18(14)27/h4-7,9-10,17,29H,2-3,8,11-13H2,1H3. The van der Waals surface area contributed by atoms with Gasteiger partial charge in [-0.1, -0.05) is 0 Å². The van der Waals surface area contributed by atoms with E-state index in [0.717, 1.165) is 49.4 Å². The molecule has 0 aliphatic carbocycles. The molecule has 8 nitrogen and oxygen atoms in total. The van der Waals surface area contributed by atoms with E-state index in [1.54, 1.807) is 25.4 Å². The molecule has 2 aliphatic heterocycles. The van der Waals surface area contributed by atoms with Crippen LogP contribution in [0.3, 0.4) is 0 Å². The zero-order chi connectivity index (χ0) is 20.7. The molecular formula is C21H23FN6O2. The van der Waals surface area contributed by atoms with Crippen LogP contribution in [0.5, 0.6) is 5.88 Å². The van der Waals surface area contributed by atoms with Crippen molar-refractivity contribution in [3.63, 3.8) is 0 Å². The van der Waals surface area contributed by atoms with Gasteiger partial charge in [-0.05, 0) is 42.7 Å². The molecule has 156 valence electrons. The van der Waals surface area contributed by atoms with Crippen molar-refractivity contribution in [1.82, 2.24) is 19.7 Å². The normalized spacial score (nSPS) is 16.4. The van der Waals surface area contributed by atoms with Crippen LogP contribution in [-0.4, -0.2) is 57.6 Å². The Morgan fingerprint density at radius 2 is 2.07 bits per heavy atom. The minimum atomic E-state index is -0.221. The fourth-order valence-electron chi connectivity index (χ4n) is 4.29. The molecule has 5 rings (SSSR count). The number of benzene rings is 1. The van der Waals surface area contributed by atoms with Crippen LogP contribution < -0.4 is 14.5 Å². The molecule has 9 heteroatoms. The quantitative estimate of drug-likeness (QED) is 0.689. The number of methoxy groups -OCH3 is 1. The molecule has 0 unspecified atom stereocenters. The van der Waals surface area contributed by atoms with Crippen molar-refractivity contribution in [3.8, 4) is 11.6 Å². The number of hydrogen-bond acceptors (Lipinski definition) is 7. The summed E-state index contributed by atoms with van der Waals surface area (Å²) in [6, 6.07) is 9.04. The lowest BCUT2D eigenvalue weighted by molar-refractivity contribution is 0.268. The molecule has 3 aromatic rings. The van der Waals surface area contributed by atoms with E-state index >= 15 is 0 Å². The van der Waals surface area contributed by atoms with E-state index in [-0.39, 0.29) is 12.4 Å². The Kier molecular flexibility index (Phi) is 4.74. The predicted molar refractivity (Wildman–Crippen MR) is 110 cm³/mol. The summed E-state index contributed by atoms with van der Waals surface area (Å²) in [5, 5.41) is 18.2. The van der Waals surface area contributed by atoms with Crippen molar-refractivity contribution in [3.05, 3.63) is 53.7 Å². The molecule has 0 spiro atoms. The van der Waals surface area contributed by atoms with E-state index in [2.05, 4.69) is 25.0 Å². The van der Waals surface area contributed by atoms with Crippen LogP contribution in [0.1, 0.15) is 17.8 Å². The van der Waals surface area contributed by atoms with Gasteiger partial charge in [0.25, 0.3) is 0 Å². The highest BCUT2D eigenvalue weighted by molar-refractivity contribution is 5.59. The topological polar surface area (TPSA) is 79.5 Å². The van der Waals surface area contributed by atoms with E-state index in [1.807, 2.05) is 16.7 Å². The molecule has 0 saturated carbocycles. The molecular weight excluding hydrogens is 387 g/mol. The van der Waals surface area contributed by atoms with Gasteiger partial charge in [-0.25, -0.2) is 9.37 Å². The van der Waals surface area contributed by atoms with E-state index < -0.39 is 0 Å². The number of nitrogens with zero attached hydrogens (tertiary/aromatic N) is 6. The monoisotopic (exact) mass is 410 g/mol. The van der Waals surface area contributed by atoms with E-state index in [0.29, 0.717) is 23.7 Å². The molecule has 0 bridgehead atoms. The van der Waals surface area contributed by atoms with Crippen LogP contribution in [0.15, 0.2) is 36.5 Å². The van der Waals surface area contributed by atoms with Crippen molar-refractivity contribution < 1.29 is 14.2 Å². The first-order chi connectivity index (χ1) is 14.7. The van der Waals surface area contributed by atoms with Gasteiger partial charge < -0.3 is 19.6 Å². The Morgan fingerprint density at radius 1 is 1.20 bits per heavy atom. The lowest BCUT2D eigenvalue weighted by Gasteiger charge is -2.48. The van der Waals surface area contributed by atoms with Crippen molar-refractivity contribution in [2.45, 2.75) is 25.5 Å². The van der Waals surface area contributed by atoms with Gasteiger partial charge in [0.2, 0.25) is 11.8 Å². The lowest BCUT2D eigenvalue weighted by atomic mass is 9.97. The fourth-order valence-corrected chi connectivity index (χ4v) is 4.29. The number of pyridine rings is 1. The average Bonchev–Trinajstić information content (AvgIpc) is 3.16. The van der Waals surface area contributed by atoms with Crippen molar-refractivity contribution >= 4 is 11.6 Å². The summed E-state index contributed by atoms with van der Waals surface area (Å²) in [5.74, 6) is 1.48. The first kappa shape index (κ1) is 18.8. The van der Waals surface area contributed by atoms with Crippen molar-refractivity contribution in [1.29, 1.82) is 0 Å². The minimum Gasteiger partial charge on any atom is -0.481 e. The van der Waals surface area contributed by atoms with E-state index in [4.69, 9.17) is 4.74 Å². The summed E-state index contributed by atoms with van der Waals surface area (Å²) in [5.41, 5.74) is 2.97. The predicted octanol–water partition coefficient (Wildman–Crippen LogP) is 1.94. The highest BCUT2D eigenvalue weighted by Crippen LogP contribution is 2.34. The number of fused-ring (bicyclic) bond motifs is 1. The number of ether oxygens (including phenoxy) is 1. The number of aliphatic hydroxyl groups excluding tert-OH is 1. The molecule has 0 amide bonds. The second-order valence-electron chi connectivity index (χ2n) is 7.60. The number of aliphatic hydroxyl groups is 1. The summed E-state index contributed by atoms with van der Waals surface area (Å²) >= 11 is 0. The third kappa shape index (κ3) is 3.15. The molecule has 2 aromatic heterocycles. The van der Waals surface area contributed by atoms with Crippen LogP contribution in [0.2, 0.25) is 0 Å². The number of anilines is 2. The molecule has 1 fully saturated rings. The SMILES string of the molecule is COc1ccc(-n2c(CO)nnc2N2CC(N3CCCc4cc(F)ccc43)C2)cn1. The lowest BCUT2D eigenvalue weighted by Crippen LogP contribution is -2.61. The van der Waals surface area contributed by atoms with E-state index in [9.17, 15) is 9.50 Å². The Labute approximate surface area is 173 Å². The summed E-state index contributed by atoms with van der Waals surface area (Å²) < 4.78 is 20.6. The van der Waals surface area contributed by atoms with Crippen LogP contribution in [0.4, 0.5) is 16.0 Å². The summed E-state index contributed by atoms with van der Waals surface area (Å²) in [4.78, 5) is 8.77. The van der Waals surface area contributed by atoms with Crippen molar-refractivity contribution in [2.24, 2.45) is 0 Å². The molecule has 30 heavy (non-hydrogen) atoms. The van der Waals surface area contributed by atoms with E-state index in [1.165, 1.54) is 6.07 Å². The third-order valence-corrected chi connectivity index (χ3v) is 5.82. The molecule has 2 aliphatic rings. The van der Waals surface area contributed by atoms with Crippen LogP contribution in [0.25, 0.3) is 5.69 Å². The van der Waals surface area contributed by atoms with Gasteiger partial charge in [0.15, 0.2) is 5.82 Å². The molecule has 1 aromatic carbocycles. The maximum Gasteiger partial charge on any atom is 0.232 e. The third-order valence-electron chi connectivity index (χ3n) is 5.82. The van der Waals surface area contributed by atoms with Crippen LogP contribution >= 0.6 is 0 Å². The summed E-state index contributed by atoms with van der Waals surface area (Å²) in [7, 11) is 1.57. The molecule has 4 heterocycles. The maximum absolute atomic E-state index is 13.6. The first-order valence-corrected chi connectivity index (χ1v) is 10.0. The van der Waals surface area contributed by atoms with Crippen molar-refractivity contribution in [2.75, 3.05) is 36.5 Å². The van der Waals surface area contributed by atoms with Gasteiger partial charge in [-0.3, -0.25) is 4.57 Å². The molecule has 1 N–H and O–H groups in total. The smallest absolute Gasteiger partial charge is 0.232 e. The highest BCUT2D eigenvalue weighted by Gasteiger charge is 2.37. The Hall–Kier alpha value is -3.20. The largest absolute Gasteiger partial charge is 0.481 e. The Balaban J connectivity index is 1.38. The van der Waals surface area contributed by atoms with Gasteiger partial charge in [0.05, 0.1) is 25.0 Å².